The number of pyridine rings is 1. The summed E-state index contributed by atoms with van der Waals surface area (Å²) in [7, 11) is 1.68. The molecule has 0 bridgehead atoms. The van der Waals surface area contributed by atoms with Crippen molar-refractivity contribution in [2.24, 2.45) is 0 Å². The summed E-state index contributed by atoms with van der Waals surface area (Å²) in [6, 6.07) is 26.4. The summed E-state index contributed by atoms with van der Waals surface area (Å²) in [6.07, 6.45) is 9.02. The molecular formula is C30H30N4O2S. The Labute approximate surface area is 222 Å². The third-order valence-electron chi connectivity index (χ3n) is 7.25. The van der Waals surface area contributed by atoms with Crippen LogP contribution in [0.1, 0.15) is 49.2 Å². The Morgan fingerprint density at radius 3 is 2.30 bits per heavy atom. The van der Waals surface area contributed by atoms with Gasteiger partial charge >= 0.3 is 0 Å². The van der Waals surface area contributed by atoms with Crippen molar-refractivity contribution in [3.05, 3.63) is 103 Å². The minimum atomic E-state index is -0.116. The molecule has 37 heavy (non-hydrogen) atoms. The van der Waals surface area contributed by atoms with Crippen molar-refractivity contribution < 1.29 is 9.47 Å². The van der Waals surface area contributed by atoms with E-state index >= 15 is 0 Å². The van der Waals surface area contributed by atoms with E-state index in [0.29, 0.717) is 11.2 Å². The van der Waals surface area contributed by atoms with Crippen molar-refractivity contribution in [3.8, 4) is 17.2 Å². The minimum absolute atomic E-state index is 0.110. The van der Waals surface area contributed by atoms with Crippen molar-refractivity contribution in [1.82, 2.24) is 14.9 Å². The lowest BCUT2D eigenvalue weighted by Crippen LogP contribution is -2.30. The number of ether oxygens (including phenoxy) is 2. The highest BCUT2D eigenvalue weighted by Gasteiger charge is 2.42. The molecule has 7 heteroatoms. The molecule has 0 spiro atoms. The monoisotopic (exact) mass is 510 g/mol. The molecule has 2 aromatic carbocycles. The molecule has 1 saturated carbocycles. The first kappa shape index (κ1) is 23.6. The third kappa shape index (κ3) is 4.67. The van der Waals surface area contributed by atoms with Crippen LogP contribution in [0.25, 0.3) is 5.69 Å². The quantitative estimate of drug-likeness (QED) is 0.291. The maximum Gasteiger partial charge on any atom is 0.174 e. The zero-order valence-electron chi connectivity index (χ0n) is 20.8. The summed E-state index contributed by atoms with van der Waals surface area (Å²) in [4.78, 5) is 6.88. The molecule has 0 amide bonds. The molecule has 2 atom stereocenters. The predicted octanol–water partition coefficient (Wildman–Crippen LogP) is 6.38. The van der Waals surface area contributed by atoms with Crippen LogP contribution < -0.4 is 19.7 Å². The van der Waals surface area contributed by atoms with E-state index in [9.17, 15) is 0 Å². The molecule has 2 aromatic heterocycles. The molecule has 1 saturated heterocycles. The molecule has 4 aromatic rings. The van der Waals surface area contributed by atoms with Crippen LogP contribution in [0.5, 0.6) is 11.5 Å². The van der Waals surface area contributed by atoms with E-state index in [4.69, 9.17) is 21.7 Å². The second-order valence-corrected chi connectivity index (χ2v) is 9.90. The van der Waals surface area contributed by atoms with E-state index in [1.807, 2.05) is 30.5 Å². The highest BCUT2D eigenvalue weighted by Crippen LogP contribution is 2.42. The van der Waals surface area contributed by atoms with Gasteiger partial charge in [-0.15, -0.1) is 0 Å². The highest BCUT2D eigenvalue weighted by atomic mass is 32.1. The molecule has 0 radical (unpaired) electrons. The topological polar surface area (TPSA) is 51.5 Å². The van der Waals surface area contributed by atoms with Gasteiger partial charge in [0.15, 0.2) is 5.11 Å². The number of thiocarbonyl (C=S) groups is 1. The lowest BCUT2D eigenvalue weighted by atomic mass is 10.0. The number of aromatic nitrogens is 2. The van der Waals surface area contributed by atoms with Crippen LogP contribution in [0.2, 0.25) is 0 Å². The minimum Gasteiger partial charge on any atom is -0.497 e. The van der Waals surface area contributed by atoms with E-state index in [2.05, 4.69) is 80.6 Å². The van der Waals surface area contributed by atoms with Crippen LogP contribution in [0.15, 0.2) is 91.3 Å². The molecule has 2 fully saturated rings. The van der Waals surface area contributed by atoms with E-state index in [1.165, 1.54) is 12.8 Å². The molecule has 6 rings (SSSR count). The number of methoxy groups -OCH3 is 1. The molecule has 0 unspecified atom stereocenters. The van der Waals surface area contributed by atoms with Crippen LogP contribution in [0.4, 0.5) is 5.69 Å². The largest absolute Gasteiger partial charge is 0.497 e. The zero-order chi connectivity index (χ0) is 25.2. The summed E-state index contributed by atoms with van der Waals surface area (Å²) in [5.41, 5.74) is 4.13. The van der Waals surface area contributed by atoms with Crippen LogP contribution >= 0.6 is 12.2 Å². The summed E-state index contributed by atoms with van der Waals surface area (Å²) in [5, 5.41) is 4.23. The fourth-order valence-corrected chi connectivity index (χ4v) is 5.78. The maximum absolute atomic E-state index is 6.21. The smallest absolute Gasteiger partial charge is 0.174 e. The Bertz CT molecular complexity index is 1350. The van der Waals surface area contributed by atoms with Crippen LogP contribution in [0, 0.1) is 0 Å². The molecule has 1 aliphatic heterocycles. The number of anilines is 1. The van der Waals surface area contributed by atoms with Gasteiger partial charge in [0.1, 0.15) is 17.5 Å². The van der Waals surface area contributed by atoms with Gasteiger partial charge in [0.25, 0.3) is 0 Å². The first-order chi connectivity index (χ1) is 18.2. The van der Waals surface area contributed by atoms with Gasteiger partial charge < -0.3 is 24.3 Å². The summed E-state index contributed by atoms with van der Waals surface area (Å²) in [6.45, 7) is 0. The van der Waals surface area contributed by atoms with Crippen molar-refractivity contribution in [2.45, 2.75) is 43.9 Å². The van der Waals surface area contributed by atoms with E-state index in [1.54, 1.807) is 7.11 Å². The van der Waals surface area contributed by atoms with Gasteiger partial charge in [-0.25, -0.2) is 0 Å². The second kappa shape index (κ2) is 10.3. The number of nitrogens with one attached hydrogen (secondary N) is 1. The van der Waals surface area contributed by atoms with Crippen LogP contribution in [-0.4, -0.2) is 27.9 Å². The molecule has 3 heterocycles. The fourth-order valence-electron chi connectivity index (χ4n) is 5.43. The van der Waals surface area contributed by atoms with Crippen molar-refractivity contribution >= 4 is 23.0 Å². The average Bonchev–Trinajstić information content (AvgIpc) is 3.70. The Morgan fingerprint density at radius 1 is 0.865 bits per heavy atom. The molecule has 188 valence electrons. The lowest BCUT2D eigenvalue weighted by molar-refractivity contribution is 0.210. The van der Waals surface area contributed by atoms with Gasteiger partial charge in [0.2, 0.25) is 0 Å². The number of rotatable bonds is 7. The molecular weight excluding hydrogens is 480 g/mol. The van der Waals surface area contributed by atoms with E-state index < -0.39 is 0 Å². The van der Waals surface area contributed by atoms with Crippen LogP contribution in [-0.2, 0) is 0 Å². The van der Waals surface area contributed by atoms with Gasteiger partial charge in [0.05, 0.1) is 24.9 Å². The molecule has 6 nitrogen and oxygen atoms in total. The second-order valence-electron chi connectivity index (χ2n) is 9.52. The van der Waals surface area contributed by atoms with Gasteiger partial charge in [0, 0.05) is 29.5 Å². The Morgan fingerprint density at radius 2 is 1.59 bits per heavy atom. The molecule has 1 aliphatic carbocycles. The number of hydrogen-bond donors (Lipinski definition) is 1. The normalized spacial score (nSPS) is 19.7. The molecule has 1 N–H and O–H groups in total. The summed E-state index contributed by atoms with van der Waals surface area (Å²) < 4.78 is 13.8. The Hall–Kier alpha value is -3.84. The first-order valence-electron chi connectivity index (χ1n) is 12.8. The zero-order valence-corrected chi connectivity index (χ0v) is 21.6. The highest BCUT2D eigenvalue weighted by molar-refractivity contribution is 7.80. The average molecular weight is 511 g/mol. The SMILES string of the molecule is COc1ccc(-n2cccc2[C@H]2[C@@H](c3ccccn3)NC(=S)N2c2ccc(OC3CCCC3)cc2)cc1. The van der Waals surface area contributed by atoms with Crippen molar-refractivity contribution in [3.63, 3.8) is 0 Å². The summed E-state index contributed by atoms with van der Waals surface area (Å²) >= 11 is 5.92. The standard InChI is InChI=1S/C30H30N4O2S/c1-35-23-15-11-21(12-16-23)33-20-6-10-27(33)29-28(26-9-4-5-19-31-26)32-30(37)34(29)22-13-17-25(18-14-22)36-24-7-2-3-8-24/h4-6,9-20,24,28-29H,2-3,7-8H2,1H3,(H,32,37)/t28-,29+/m1/s1. The third-order valence-corrected chi connectivity index (χ3v) is 7.57. The van der Waals surface area contributed by atoms with Gasteiger partial charge in [-0.1, -0.05) is 6.07 Å². The van der Waals surface area contributed by atoms with Crippen LogP contribution in [0.3, 0.4) is 0 Å². The van der Waals surface area contributed by atoms with E-state index in [0.717, 1.165) is 47.1 Å². The Balaban J connectivity index is 1.38. The maximum atomic E-state index is 6.21. The van der Waals surface area contributed by atoms with Gasteiger partial charge in [-0.3, -0.25) is 4.98 Å². The number of benzene rings is 2. The lowest BCUT2D eigenvalue weighted by Gasteiger charge is -2.29. The van der Waals surface area contributed by atoms with Gasteiger partial charge in [-0.2, -0.15) is 0 Å². The molecule has 2 aliphatic rings. The van der Waals surface area contributed by atoms with Gasteiger partial charge in [-0.05, 0) is 111 Å². The fraction of sp³-hybridized carbons (Fsp3) is 0.267. The number of hydrogen-bond acceptors (Lipinski definition) is 4. The predicted molar refractivity (Wildman–Crippen MR) is 150 cm³/mol. The first-order valence-corrected chi connectivity index (χ1v) is 13.2. The van der Waals surface area contributed by atoms with Crippen molar-refractivity contribution in [2.75, 3.05) is 12.0 Å². The summed E-state index contributed by atoms with van der Waals surface area (Å²) in [5.74, 6) is 1.74. The number of nitrogens with zero attached hydrogens (tertiary/aromatic N) is 3. The van der Waals surface area contributed by atoms with Crippen molar-refractivity contribution in [1.29, 1.82) is 0 Å². The Kier molecular flexibility index (Phi) is 6.53. The van der Waals surface area contributed by atoms with E-state index in [-0.39, 0.29) is 12.1 Å².